The molecule has 5 heteroatoms. The zero-order chi connectivity index (χ0) is 21.3. The molecule has 30 heavy (non-hydrogen) atoms. The third-order valence-corrected chi connectivity index (χ3v) is 5.66. The first kappa shape index (κ1) is 22.0. The van der Waals surface area contributed by atoms with Gasteiger partial charge in [-0.3, -0.25) is 0 Å². The third kappa shape index (κ3) is 6.70. The van der Waals surface area contributed by atoms with Crippen molar-refractivity contribution in [2.24, 2.45) is 11.8 Å². The minimum atomic E-state index is -0.799. The standard InChI is InChI=1S/C25H30O5/c1-18-8-4-2-7-11-20-16-21(17-22(20)23(26)13-15-24(27)29-18)30-25(28)14-12-19-9-5-3-6-10-19/h3,5-7,9-15,18,20-23,26H,2,4,8,16-17H2,1H3/b11-7+,14-12+,15-13?/t18-,20+,21?,22+,23+/m0/s1. The summed E-state index contributed by atoms with van der Waals surface area (Å²) < 4.78 is 11.0. The molecule has 2 aliphatic rings. The molecule has 3 rings (SSSR count). The largest absolute Gasteiger partial charge is 0.460 e. The van der Waals surface area contributed by atoms with Crippen molar-refractivity contribution in [3.05, 3.63) is 66.3 Å². The van der Waals surface area contributed by atoms with Crippen LogP contribution in [0.15, 0.2) is 60.7 Å². The van der Waals surface area contributed by atoms with Gasteiger partial charge in [-0.1, -0.05) is 42.5 Å². The van der Waals surface area contributed by atoms with E-state index in [1.165, 1.54) is 18.2 Å². The Labute approximate surface area is 178 Å². The molecule has 5 atom stereocenters. The van der Waals surface area contributed by atoms with Crippen LogP contribution in [0.3, 0.4) is 0 Å². The summed E-state index contributed by atoms with van der Waals surface area (Å²) >= 11 is 0. The molecule has 5 nitrogen and oxygen atoms in total. The van der Waals surface area contributed by atoms with Crippen molar-refractivity contribution in [1.82, 2.24) is 0 Å². The summed E-state index contributed by atoms with van der Waals surface area (Å²) in [6.07, 6.45) is 12.9. The van der Waals surface area contributed by atoms with Crippen LogP contribution in [0, 0.1) is 11.8 Å². The first-order chi connectivity index (χ1) is 14.5. The summed E-state index contributed by atoms with van der Waals surface area (Å²) in [5, 5.41) is 10.6. The Morgan fingerprint density at radius 2 is 2.00 bits per heavy atom. The highest BCUT2D eigenvalue weighted by Gasteiger charge is 2.38. The number of aliphatic hydroxyl groups excluding tert-OH is 1. The van der Waals surface area contributed by atoms with E-state index in [0.29, 0.717) is 12.8 Å². The van der Waals surface area contributed by atoms with E-state index in [4.69, 9.17) is 9.47 Å². The quantitative estimate of drug-likeness (QED) is 0.459. The number of allylic oxidation sites excluding steroid dienone is 2. The third-order valence-electron chi connectivity index (χ3n) is 5.66. The SMILES string of the molecule is C[C@H]1CCC/C=C/[C@@H]2CC(OC(=O)/C=C/c3ccccc3)C[C@H]2[C@H](O)C=CC(=O)O1. The lowest BCUT2D eigenvalue weighted by Gasteiger charge is -2.19. The second kappa shape index (κ2) is 10.9. The minimum absolute atomic E-state index is 0.0924. The molecule has 1 aliphatic carbocycles. The number of aliphatic hydroxyl groups is 1. The Balaban J connectivity index is 1.63. The minimum Gasteiger partial charge on any atom is -0.460 e. The van der Waals surface area contributed by atoms with Gasteiger partial charge in [0.15, 0.2) is 0 Å². The maximum absolute atomic E-state index is 12.2. The molecule has 1 fully saturated rings. The Bertz CT molecular complexity index is 795. The van der Waals surface area contributed by atoms with E-state index in [-0.39, 0.29) is 30.0 Å². The average molecular weight is 411 g/mol. The molecule has 0 radical (unpaired) electrons. The Hall–Kier alpha value is -2.66. The summed E-state index contributed by atoms with van der Waals surface area (Å²) in [6, 6.07) is 9.57. The number of esters is 2. The number of benzene rings is 1. The molecule has 1 aromatic rings. The van der Waals surface area contributed by atoms with Crippen LogP contribution in [0.4, 0.5) is 0 Å². The maximum Gasteiger partial charge on any atom is 0.331 e. The number of hydrogen-bond donors (Lipinski definition) is 1. The number of carbonyl (C=O) groups is 2. The highest BCUT2D eigenvalue weighted by atomic mass is 16.5. The summed E-state index contributed by atoms with van der Waals surface area (Å²) in [4.78, 5) is 24.2. The number of rotatable bonds is 3. The van der Waals surface area contributed by atoms with Crippen LogP contribution in [-0.2, 0) is 19.1 Å². The highest BCUT2D eigenvalue weighted by Crippen LogP contribution is 2.38. The molecule has 1 N–H and O–H groups in total. The molecule has 0 aromatic heterocycles. The van der Waals surface area contributed by atoms with Gasteiger partial charge >= 0.3 is 11.9 Å². The van der Waals surface area contributed by atoms with Gasteiger partial charge in [-0.15, -0.1) is 0 Å². The fraction of sp³-hybridized carbons (Fsp3) is 0.440. The topological polar surface area (TPSA) is 72.8 Å². The van der Waals surface area contributed by atoms with Gasteiger partial charge < -0.3 is 14.6 Å². The van der Waals surface area contributed by atoms with Crippen molar-refractivity contribution in [2.45, 2.75) is 57.3 Å². The van der Waals surface area contributed by atoms with E-state index in [9.17, 15) is 14.7 Å². The van der Waals surface area contributed by atoms with Crippen LogP contribution >= 0.6 is 0 Å². The second-order valence-electron chi connectivity index (χ2n) is 8.06. The van der Waals surface area contributed by atoms with Gasteiger partial charge in [-0.2, -0.15) is 0 Å². The van der Waals surface area contributed by atoms with Gasteiger partial charge in [0.1, 0.15) is 6.10 Å². The predicted octanol–water partition coefficient (Wildman–Crippen LogP) is 4.23. The van der Waals surface area contributed by atoms with E-state index < -0.39 is 12.1 Å². The lowest BCUT2D eigenvalue weighted by Crippen LogP contribution is -2.22. The van der Waals surface area contributed by atoms with Crippen LogP contribution in [0.2, 0.25) is 0 Å². The number of ether oxygens (including phenoxy) is 2. The van der Waals surface area contributed by atoms with Gasteiger partial charge in [0.25, 0.3) is 0 Å². The molecular weight excluding hydrogens is 380 g/mol. The number of fused-ring (bicyclic) bond motifs is 1. The maximum atomic E-state index is 12.2. The first-order valence-electron chi connectivity index (χ1n) is 10.7. The van der Waals surface area contributed by atoms with Crippen LogP contribution in [0.1, 0.15) is 44.6 Å². The zero-order valence-electron chi connectivity index (χ0n) is 17.4. The summed E-state index contributed by atoms with van der Waals surface area (Å²) in [6.45, 7) is 1.88. The molecule has 0 bridgehead atoms. The molecule has 1 heterocycles. The van der Waals surface area contributed by atoms with E-state index in [0.717, 1.165) is 24.8 Å². The van der Waals surface area contributed by atoms with Crippen molar-refractivity contribution in [3.63, 3.8) is 0 Å². The summed E-state index contributed by atoms with van der Waals surface area (Å²) in [5.74, 6) is -0.837. The lowest BCUT2D eigenvalue weighted by atomic mass is 9.90. The molecule has 1 aliphatic heterocycles. The zero-order valence-corrected chi connectivity index (χ0v) is 17.4. The lowest BCUT2D eigenvalue weighted by molar-refractivity contribution is -0.143. The first-order valence-corrected chi connectivity index (χ1v) is 10.7. The van der Waals surface area contributed by atoms with Gasteiger partial charge in [-0.05, 0) is 68.6 Å². The summed E-state index contributed by atoms with van der Waals surface area (Å²) in [5.41, 5.74) is 0.933. The molecule has 160 valence electrons. The van der Waals surface area contributed by atoms with E-state index >= 15 is 0 Å². The van der Waals surface area contributed by atoms with Gasteiger partial charge in [0.2, 0.25) is 0 Å². The van der Waals surface area contributed by atoms with Crippen molar-refractivity contribution in [2.75, 3.05) is 0 Å². The van der Waals surface area contributed by atoms with Gasteiger partial charge in [-0.25, -0.2) is 9.59 Å². The van der Waals surface area contributed by atoms with E-state index in [2.05, 4.69) is 12.2 Å². The fourth-order valence-corrected chi connectivity index (χ4v) is 4.11. The molecule has 0 amide bonds. The van der Waals surface area contributed by atoms with Crippen LogP contribution < -0.4 is 0 Å². The fourth-order valence-electron chi connectivity index (χ4n) is 4.11. The van der Waals surface area contributed by atoms with Crippen LogP contribution in [0.25, 0.3) is 6.08 Å². The normalized spacial score (nSPS) is 31.1. The van der Waals surface area contributed by atoms with Gasteiger partial charge in [0.05, 0.1) is 12.2 Å². The molecule has 1 unspecified atom stereocenters. The van der Waals surface area contributed by atoms with Crippen molar-refractivity contribution < 1.29 is 24.2 Å². The van der Waals surface area contributed by atoms with Crippen LogP contribution in [-0.4, -0.2) is 35.4 Å². The monoisotopic (exact) mass is 410 g/mol. The smallest absolute Gasteiger partial charge is 0.331 e. The molecule has 1 aromatic carbocycles. The number of hydrogen-bond acceptors (Lipinski definition) is 5. The molecule has 1 saturated carbocycles. The number of cyclic esters (lactones) is 1. The van der Waals surface area contributed by atoms with Crippen LogP contribution in [0.5, 0.6) is 0 Å². The average Bonchev–Trinajstić information content (AvgIpc) is 3.13. The molecule has 0 spiro atoms. The van der Waals surface area contributed by atoms with E-state index in [1.54, 1.807) is 6.08 Å². The summed E-state index contributed by atoms with van der Waals surface area (Å²) in [7, 11) is 0. The number of carbonyl (C=O) groups excluding carboxylic acids is 2. The van der Waals surface area contributed by atoms with Crippen molar-refractivity contribution in [3.8, 4) is 0 Å². The van der Waals surface area contributed by atoms with Gasteiger partial charge in [0, 0.05) is 12.2 Å². The second-order valence-corrected chi connectivity index (χ2v) is 8.06. The molecule has 0 saturated heterocycles. The Kier molecular flexibility index (Phi) is 8.03. The van der Waals surface area contributed by atoms with E-state index in [1.807, 2.05) is 37.3 Å². The molecular formula is C25H30O5. The van der Waals surface area contributed by atoms with Crippen molar-refractivity contribution >= 4 is 18.0 Å². The van der Waals surface area contributed by atoms with Crippen molar-refractivity contribution in [1.29, 1.82) is 0 Å². The Morgan fingerprint density at radius 1 is 1.20 bits per heavy atom. The Morgan fingerprint density at radius 3 is 2.80 bits per heavy atom. The predicted molar refractivity (Wildman–Crippen MR) is 115 cm³/mol. The highest BCUT2D eigenvalue weighted by molar-refractivity contribution is 5.87.